The second kappa shape index (κ2) is 8.06. The van der Waals surface area contributed by atoms with E-state index in [4.69, 9.17) is 4.74 Å². The number of rotatable bonds is 4. The Morgan fingerprint density at radius 2 is 1.57 bits per heavy atom. The fourth-order valence-corrected chi connectivity index (χ4v) is 6.33. The Hall–Kier alpha value is -1.76. The maximum Gasteiger partial charge on any atom is 0.325 e. The van der Waals surface area contributed by atoms with Gasteiger partial charge >= 0.3 is 6.03 Å². The van der Waals surface area contributed by atoms with Crippen LogP contribution in [0.15, 0.2) is 0 Å². The molecule has 1 N–H and O–H groups in total. The average molecular weight is 444 g/mol. The van der Waals surface area contributed by atoms with Crippen molar-refractivity contribution < 1.29 is 27.5 Å². The second-order valence-corrected chi connectivity index (χ2v) is 10.2. The number of morpholine rings is 1. The van der Waals surface area contributed by atoms with Gasteiger partial charge in [-0.05, 0) is 19.8 Å². The molecule has 1 unspecified atom stereocenters. The first-order valence-electron chi connectivity index (χ1n) is 10.5. The lowest BCUT2D eigenvalue weighted by molar-refractivity contribution is -0.143. The predicted octanol–water partition coefficient (Wildman–Crippen LogP) is -1.04. The molecule has 30 heavy (non-hydrogen) atoms. The Labute approximate surface area is 176 Å². The summed E-state index contributed by atoms with van der Waals surface area (Å²) in [5.41, 5.74) is -0.851. The third kappa shape index (κ3) is 3.59. The van der Waals surface area contributed by atoms with Crippen LogP contribution in [0.5, 0.6) is 0 Å². The lowest BCUT2D eigenvalue weighted by Crippen LogP contribution is -2.58. The minimum atomic E-state index is -3.58. The quantitative estimate of drug-likeness (QED) is 0.555. The predicted molar refractivity (Wildman–Crippen MR) is 106 cm³/mol. The van der Waals surface area contributed by atoms with Crippen LogP contribution in [0.25, 0.3) is 0 Å². The van der Waals surface area contributed by atoms with Crippen LogP contribution in [0.4, 0.5) is 4.79 Å². The highest BCUT2D eigenvalue weighted by Gasteiger charge is 2.55. The van der Waals surface area contributed by atoms with Gasteiger partial charge in [0, 0.05) is 39.3 Å². The molecule has 3 heterocycles. The summed E-state index contributed by atoms with van der Waals surface area (Å²) in [6, 6.07) is -1.43. The number of nitrogens with one attached hydrogen (secondary N) is 1. The third-order valence-electron chi connectivity index (χ3n) is 6.57. The monoisotopic (exact) mass is 443 g/mol. The minimum absolute atomic E-state index is 0.183. The van der Waals surface area contributed by atoms with Gasteiger partial charge in [-0.15, -0.1) is 0 Å². The molecule has 4 amide bonds. The zero-order chi connectivity index (χ0) is 21.5. The van der Waals surface area contributed by atoms with Crippen molar-refractivity contribution in [2.45, 2.75) is 44.2 Å². The number of urea groups is 1. The largest absolute Gasteiger partial charge is 0.379 e. The van der Waals surface area contributed by atoms with E-state index >= 15 is 0 Å². The molecular formula is C18H29N5O6S. The summed E-state index contributed by atoms with van der Waals surface area (Å²) in [5, 5.41) is 2.79. The first-order valence-corrected chi connectivity index (χ1v) is 11.9. The van der Waals surface area contributed by atoms with E-state index in [9.17, 15) is 22.8 Å². The summed E-state index contributed by atoms with van der Waals surface area (Å²) < 4.78 is 33.6. The lowest BCUT2D eigenvalue weighted by atomic mass is 9.97. The second-order valence-electron chi connectivity index (χ2n) is 8.31. The fraction of sp³-hybridized carbons (Fsp3) is 0.833. The maximum absolute atomic E-state index is 13.0. The van der Waals surface area contributed by atoms with Gasteiger partial charge in [-0.2, -0.15) is 17.0 Å². The van der Waals surface area contributed by atoms with Crippen LogP contribution in [0.3, 0.4) is 0 Å². The molecule has 3 saturated heterocycles. The first-order chi connectivity index (χ1) is 14.3. The molecule has 4 rings (SSSR count). The highest BCUT2D eigenvalue weighted by atomic mass is 32.2. The van der Waals surface area contributed by atoms with E-state index in [2.05, 4.69) is 5.32 Å². The molecular weight excluding hydrogens is 414 g/mol. The summed E-state index contributed by atoms with van der Waals surface area (Å²) in [5.74, 6) is -0.656. The van der Waals surface area contributed by atoms with Crippen LogP contribution < -0.4 is 5.32 Å². The van der Waals surface area contributed by atoms with E-state index in [0.717, 1.165) is 17.7 Å². The standard InChI is InChI=1S/C18H29N5O6S/c1-14(23-16(25)18(19-17(23)26)4-2-3-5-18)15(24)20-6-8-21(9-7-20)30(27,28)22-10-12-29-13-11-22/h14H,2-13H2,1H3,(H,19,26). The number of ether oxygens (including phenoxy) is 1. The number of carbonyl (C=O) groups excluding carboxylic acids is 3. The van der Waals surface area contributed by atoms with Crippen molar-refractivity contribution in [1.29, 1.82) is 0 Å². The lowest BCUT2D eigenvalue weighted by Gasteiger charge is -2.38. The van der Waals surface area contributed by atoms with E-state index in [-0.39, 0.29) is 38.0 Å². The van der Waals surface area contributed by atoms with Crippen molar-refractivity contribution in [3.05, 3.63) is 0 Å². The molecule has 12 heteroatoms. The van der Waals surface area contributed by atoms with Crippen LogP contribution in [-0.2, 0) is 24.5 Å². The molecule has 4 aliphatic rings. The molecule has 0 aromatic carbocycles. The molecule has 4 fully saturated rings. The summed E-state index contributed by atoms with van der Waals surface area (Å²) >= 11 is 0. The first kappa shape index (κ1) is 21.5. The molecule has 11 nitrogen and oxygen atoms in total. The SMILES string of the molecule is CC(C(=O)N1CCN(S(=O)(=O)N2CCOCC2)CC1)N1C(=O)NC2(CCCC2)C1=O. The Morgan fingerprint density at radius 3 is 2.17 bits per heavy atom. The maximum atomic E-state index is 13.0. The zero-order valence-electron chi connectivity index (χ0n) is 17.2. The summed E-state index contributed by atoms with van der Waals surface area (Å²) in [6.45, 7) is 3.78. The normalized spacial score (nSPS) is 27.0. The molecule has 1 saturated carbocycles. The van der Waals surface area contributed by atoms with E-state index in [1.165, 1.54) is 13.5 Å². The molecule has 0 aromatic rings. The Bertz CT molecular complexity index is 813. The molecule has 168 valence electrons. The van der Waals surface area contributed by atoms with Crippen molar-refractivity contribution in [3.63, 3.8) is 0 Å². The molecule has 1 atom stereocenters. The van der Waals surface area contributed by atoms with Crippen LogP contribution in [0, 0.1) is 0 Å². The van der Waals surface area contributed by atoms with Gasteiger partial charge in [0.2, 0.25) is 5.91 Å². The number of imide groups is 1. The number of hydrogen-bond donors (Lipinski definition) is 1. The summed E-state index contributed by atoms with van der Waals surface area (Å²) in [6.07, 6.45) is 2.96. The number of piperazine rings is 1. The van der Waals surface area contributed by atoms with Crippen molar-refractivity contribution in [2.75, 3.05) is 52.5 Å². The highest BCUT2D eigenvalue weighted by molar-refractivity contribution is 7.86. The van der Waals surface area contributed by atoms with Gasteiger partial charge < -0.3 is 15.0 Å². The number of carbonyl (C=O) groups is 3. The zero-order valence-corrected chi connectivity index (χ0v) is 18.0. The van der Waals surface area contributed by atoms with E-state index in [0.29, 0.717) is 39.1 Å². The van der Waals surface area contributed by atoms with Crippen LogP contribution in [-0.4, -0.2) is 109 Å². The minimum Gasteiger partial charge on any atom is -0.379 e. The average Bonchev–Trinajstić information content (AvgIpc) is 3.32. The molecule has 1 aliphatic carbocycles. The van der Waals surface area contributed by atoms with Gasteiger partial charge in [0.25, 0.3) is 16.1 Å². The van der Waals surface area contributed by atoms with Crippen molar-refractivity contribution in [3.8, 4) is 0 Å². The Morgan fingerprint density at radius 1 is 1.00 bits per heavy atom. The van der Waals surface area contributed by atoms with Gasteiger partial charge in [0.15, 0.2) is 0 Å². The topological polar surface area (TPSA) is 120 Å². The molecule has 0 aromatic heterocycles. The Kier molecular flexibility index (Phi) is 5.77. The third-order valence-corrected chi connectivity index (χ3v) is 8.60. The van der Waals surface area contributed by atoms with Crippen LogP contribution in [0.2, 0.25) is 0 Å². The van der Waals surface area contributed by atoms with Crippen molar-refractivity contribution >= 4 is 28.1 Å². The van der Waals surface area contributed by atoms with Crippen LogP contribution >= 0.6 is 0 Å². The van der Waals surface area contributed by atoms with E-state index in [1.807, 2.05) is 0 Å². The van der Waals surface area contributed by atoms with Crippen LogP contribution in [0.1, 0.15) is 32.6 Å². The van der Waals surface area contributed by atoms with E-state index in [1.54, 1.807) is 6.92 Å². The van der Waals surface area contributed by atoms with Gasteiger partial charge in [-0.25, -0.2) is 9.69 Å². The Balaban J connectivity index is 1.37. The smallest absolute Gasteiger partial charge is 0.325 e. The van der Waals surface area contributed by atoms with Crippen molar-refractivity contribution in [2.24, 2.45) is 0 Å². The van der Waals surface area contributed by atoms with Gasteiger partial charge in [-0.3, -0.25) is 9.59 Å². The fourth-order valence-electron chi connectivity index (χ4n) is 4.76. The van der Waals surface area contributed by atoms with Gasteiger partial charge in [-0.1, -0.05) is 12.8 Å². The number of nitrogens with zero attached hydrogens (tertiary/aromatic N) is 4. The number of hydrogen-bond acceptors (Lipinski definition) is 6. The molecule has 0 bridgehead atoms. The summed E-state index contributed by atoms with van der Waals surface area (Å²) in [4.78, 5) is 40.9. The van der Waals surface area contributed by atoms with E-state index < -0.39 is 27.8 Å². The van der Waals surface area contributed by atoms with Crippen molar-refractivity contribution in [1.82, 2.24) is 23.7 Å². The van der Waals surface area contributed by atoms with Gasteiger partial charge in [0.05, 0.1) is 13.2 Å². The van der Waals surface area contributed by atoms with Gasteiger partial charge in [0.1, 0.15) is 11.6 Å². The highest BCUT2D eigenvalue weighted by Crippen LogP contribution is 2.36. The summed E-state index contributed by atoms with van der Waals surface area (Å²) in [7, 11) is -3.58. The number of amides is 4. The molecule has 0 radical (unpaired) electrons. The molecule has 3 aliphatic heterocycles. The molecule has 1 spiro atoms.